The second kappa shape index (κ2) is 8.19. The summed E-state index contributed by atoms with van der Waals surface area (Å²) in [6, 6.07) is 6.05. The fourth-order valence-electron chi connectivity index (χ4n) is 3.58. The van der Waals surface area contributed by atoms with Gasteiger partial charge < -0.3 is 9.80 Å². The summed E-state index contributed by atoms with van der Waals surface area (Å²) < 4.78 is 27.4. The Hall–Kier alpha value is -3.13. The summed E-state index contributed by atoms with van der Waals surface area (Å²) in [5.74, 6) is -1.78. The van der Waals surface area contributed by atoms with Gasteiger partial charge in [0.05, 0.1) is 33.1 Å². The number of fused-ring (bicyclic) bond motifs is 1. The van der Waals surface area contributed by atoms with E-state index in [-0.39, 0.29) is 54.1 Å². The van der Waals surface area contributed by atoms with Gasteiger partial charge >= 0.3 is 0 Å². The highest BCUT2D eigenvalue weighted by molar-refractivity contribution is 6.33. The van der Waals surface area contributed by atoms with Crippen molar-refractivity contribution in [3.05, 3.63) is 69.5 Å². The van der Waals surface area contributed by atoms with Crippen LogP contribution in [-0.4, -0.2) is 57.8 Å². The van der Waals surface area contributed by atoms with Crippen molar-refractivity contribution in [2.24, 2.45) is 0 Å². The lowest BCUT2D eigenvalue weighted by Gasteiger charge is -2.35. The van der Waals surface area contributed by atoms with Gasteiger partial charge in [0.25, 0.3) is 11.8 Å². The van der Waals surface area contributed by atoms with Crippen molar-refractivity contribution in [1.82, 2.24) is 19.8 Å². The lowest BCUT2D eigenvalue weighted by Crippen LogP contribution is -2.50. The number of carbonyl (C=O) groups excluding carboxylic acids is 2. The maximum Gasteiger partial charge on any atom is 0.256 e. The molecule has 0 atom stereocenters. The number of piperazine rings is 1. The molecule has 2 aromatic carbocycles. The Labute approximate surface area is 182 Å². The molecule has 31 heavy (non-hydrogen) atoms. The number of nitrogens with zero attached hydrogens (tertiary/aromatic N) is 4. The van der Waals surface area contributed by atoms with E-state index in [9.17, 15) is 18.4 Å². The van der Waals surface area contributed by atoms with Crippen LogP contribution < -0.4 is 0 Å². The van der Waals surface area contributed by atoms with Crippen molar-refractivity contribution in [2.75, 3.05) is 26.2 Å². The summed E-state index contributed by atoms with van der Waals surface area (Å²) >= 11 is 6.00. The van der Waals surface area contributed by atoms with E-state index < -0.39 is 11.6 Å². The molecular formula is C22H19ClF2N4O2. The Morgan fingerprint density at radius 3 is 2.03 bits per heavy atom. The van der Waals surface area contributed by atoms with Crippen LogP contribution in [0.1, 0.15) is 32.1 Å². The Kier molecular flexibility index (Phi) is 5.58. The monoisotopic (exact) mass is 444 g/mol. The van der Waals surface area contributed by atoms with Crippen LogP contribution in [0, 0.1) is 25.5 Å². The maximum absolute atomic E-state index is 14.1. The lowest BCUT2D eigenvalue weighted by molar-refractivity contribution is 0.0536. The molecule has 2 amide bonds. The highest BCUT2D eigenvalue weighted by atomic mass is 35.5. The minimum atomic E-state index is -0.562. The second-order valence-electron chi connectivity index (χ2n) is 7.42. The summed E-state index contributed by atoms with van der Waals surface area (Å²) in [5, 5.41) is 0.0407. The van der Waals surface area contributed by atoms with Gasteiger partial charge in [0.1, 0.15) is 17.2 Å². The van der Waals surface area contributed by atoms with E-state index in [1.807, 2.05) is 0 Å². The fourth-order valence-corrected chi connectivity index (χ4v) is 3.83. The smallest absolute Gasteiger partial charge is 0.256 e. The van der Waals surface area contributed by atoms with Gasteiger partial charge in [-0.25, -0.2) is 18.7 Å². The zero-order valence-electron chi connectivity index (χ0n) is 17.0. The van der Waals surface area contributed by atoms with Gasteiger partial charge in [0, 0.05) is 32.2 Å². The molecule has 1 aliphatic heterocycles. The van der Waals surface area contributed by atoms with Gasteiger partial charge in [0.15, 0.2) is 0 Å². The number of amides is 2. The minimum absolute atomic E-state index is 0.0407. The topological polar surface area (TPSA) is 66.4 Å². The van der Waals surface area contributed by atoms with Gasteiger partial charge in [-0.05, 0) is 38.1 Å². The van der Waals surface area contributed by atoms with Gasteiger partial charge in [-0.15, -0.1) is 0 Å². The highest BCUT2D eigenvalue weighted by Crippen LogP contribution is 2.23. The molecule has 3 aromatic rings. The van der Waals surface area contributed by atoms with E-state index in [2.05, 4.69) is 9.97 Å². The third-order valence-electron chi connectivity index (χ3n) is 5.39. The van der Waals surface area contributed by atoms with Crippen molar-refractivity contribution in [3.63, 3.8) is 0 Å². The number of aryl methyl sites for hydroxylation is 2. The summed E-state index contributed by atoms with van der Waals surface area (Å²) in [6.45, 7) is 4.63. The standard InChI is InChI=1S/C22H19ClF2N4O2/c1-12-13(2)27-20-17(9-15(25)11-19(20)26-12)22(31)29-7-5-28(6-8-29)21(30)16-4-3-14(24)10-18(16)23/h3-4,9-11H,5-8H2,1-2H3. The van der Waals surface area contributed by atoms with Crippen molar-refractivity contribution in [1.29, 1.82) is 0 Å². The molecule has 6 nitrogen and oxygen atoms in total. The van der Waals surface area contributed by atoms with Crippen LogP contribution in [0.25, 0.3) is 11.0 Å². The molecule has 0 saturated carbocycles. The molecule has 1 aromatic heterocycles. The molecule has 0 radical (unpaired) electrons. The zero-order valence-corrected chi connectivity index (χ0v) is 17.7. The quantitative estimate of drug-likeness (QED) is 0.603. The largest absolute Gasteiger partial charge is 0.335 e. The first-order valence-electron chi connectivity index (χ1n) is 9.72. The molecule has 0 unspecified atom stereocenters. The summed E-state index contributed by atoms with van der Waals surface area (Å²) in [6.07, 6.45) is 0. The van der Waals surface area contributed by atoms with E-state index >= 15 is 0 Å². The Bertz CT molecular complexity index is 1210. The molecule has 0 N–H and O–H groups in total. The molecule has 0 aliphatic carbocycles. The average Bonchev–Trinajstić information content (AvgIpc) is 2.73. The number of halogens is 3. The van der Waals surface area contributed by atoms with Crippen molar-refractivity contribution in [3.8, 4) is 0 Å². The van der Waals surface area contributed by atoms with Crippen LogP contribution in [0.4, 0.5) is 8.78 Å². The second-order valence-corrected chi connectivity index (χ2v) is 7.83. The molecule has 1 fully saturated rings. The first-order valence-corrected chi connectivity index (χ1v) is 10.1. The predicted molar refractivity (Wildman–Crippen MR) is 112 cm³/mol. The zero-order chi connectivity index (χ0) is 22.3. The first-order chi connectivity index (χ1) is 14.7. The van der Waals surface area contributed by atoms with Crippen LogP contribution in [0.15, 0.2) is 30.3 Å². The highest BCUT2D eigenvalue weighted by Gasteiger charge is 2.28. The Morgan fingerprint density at radius 2 is 1.42 bits per heavy atom. The third kappa shape index (κ3) is 4.07. The maximum atomic E-state index is 14.1. The normalized spacial score (nSPS) is 14.2. The SMILES string of the molecule is Cc1nc2cc(F)cc(C(=O)N3CCN(C(=O)c4ccc(F)cc4Cl)CC3)c2nc1C. The molecule has 160 valence electrons. The number of benzene rings is 2. The van der Waals surface area contributed by atoms with E-state index in [1.165, 1.54) is 24.3 Å². The molecule has 1 aliphatic rings. The van der Waals surface area contributed by atoms with Gasteiger partial charge in [0.2, 0.25) is 0 Å². The van der Waals surface area contributed by atoms with Crippen LogP contribution in [0.3, 0.4) is 0 Å². The first kappa shape index (κ1) is 21.1. The van der Waals surface area contributed by atoms with Crippen LogP contribution in [-0.2, 0) is 0 Å². The van der Waals surface area contributed by atoms with E-state index in [4.69, 9.17) is 11.6 Å². The number of carbonyl (C=O) groups is 2. The minimum Gasteiger partial charge on any atom is -0.335 e. The van der Waals surface area contributed by atoms with Gasteiger partial charge in [-0.1, -0.05) is 11.6 Å². The van der Waals surface area contributed by atoms with Crippen molar-refractivity contribution < 1.29 is 18.4 Å². The van der Waals surface area contributed by atoms with Crippen molar-refractivity contribution in [2.45, 2.75) is 13.8 Å². The molecule has 2 heterocycles. The number of aromatic nitrogens is 2. The summed E-state index contributed by atoms with van der Waals surface area (Å²) in [5.41, 5.74) is 2.37. The molecule has 9 heteroatoms. The van der Waals surface area contributed by atoms with Crippen molar-refractivity contribution >= 4 is 34.4 Å². The Morgan fingerprint density at radius 1 is 0.839 bits per heavy atom. The predicted octanol–water partition coefficient (Wildman–Crippen LogP) is 3.78. The van der Waals surface area contributed by atoms with Crippen LogP contribution in [0.2, 0.25) is 5.02 Å². The van der Waals surface area contributed by atoms with Crippen LogP contribution >= 0.6 is 11.6 Å². The van der Waals surface area contributed by atoms with Gasteiger partial charge in [-0.3, -0.25) is 9.59 Å². The lowest BCUT2D eigenvalue weighted by atomic mass is 10.1. The average molecular weight is 445 g/mol. The van der Waals surface area contributed by atoms with E-state index in [0.717, 1.165) is 6.07 Å². The number of hydrogen-bond donors (Lipinski definition) is 0. The Balaban J connectivity index is 1.53. The number of hydrogen-bond acceptors (Lipinski definition) is 4. The molecule has 1 saturated heterocycles. The molecule has 4 rings (SSSR count). The number of rotatable bonds is 2. The van der Waals surface area contributed by atoms with Crippen LogP contribution in [0.5, 0.6) is 0 Å². The molecule has 0 bridgehead atoms. The van der Waals surface area contributed by atoms with E-state index in [0.29, 0.717) is 22.4 Å². The summed E-state index contributed by atoms with van der Waals surface area (Å²) in [7, 11) is 0. The third-order valence-corrected chi connectivity index (χ3v) is 5.70. The molecular weight excluding hydrogens is 426 g/mol. The molecule has 0 spiro atoms. The fraction of sp³-hybridized carbons (Fsp3) is 0.273. The summed E-state index contributed by atoms with van der Waals surface area (Å²) in [4.78, 5) is 37.7. The van der Waals surface area contributed by atoms with Gasteiger partial charge in [-0.2, -0.15) is 0 Å². The van der Waals surface area contributed by atoms with E-state index in [1.54, 1.807) is 23.6 Å².